The van der Waals surface area contributed by atoms with Crippen LogP contribution in [0.3, 0.4) is 0 Å². The molecular formula is C15H12N2O3S2. The Morgan fingerprint density at radius 3 is 2.59 bits per heavy atom. The van der Waals surface area contributed by atoms with Crippen molar-refractivity contribution in [3.05, 3.63) is 58.5 Å². The van der Waals surface area contributed by atoms with Gasteiger partial charge in [-0.3, -0.25) is 4.79 Å². The van der Waals surface area contributed by atoms with Crippen LogP contribution in [0.5, 0.6) is 0 Å². The quantitative estimate of drug-likeness (QED) is 0.735. The average Bonchev–Trinajstić information content (AvgIpc) is 2.46. The second-order valence-electron chi connectivity index (χ2n) is 4.90. The number of pyridine rings is 1. The molecular weight excluding hydrogens is 320 g/mol. The molecule has 2 heterocycles. The van der Waals surface area contributed by atoms with Crippen LogP contribution in [0.25, 0.3) is 20.8 Å². The zero-order valence-electron chi connectivity index (χ0n) is 11.7. The van der Waals surface area contributed by atoms with E-state index in [-0.39, 0.29) is 11.3 Å². The second kappa shape index (κ2) is 5.58. The van der Waals surface area contributed by atoms with E-state index in [0.717, 1.165) is 11.0 Å². The summed E-state index contributed by atoms with van der Waals surface area (Å²) >= 11 is 1.36. The fourth-order valence-corrected chi connectivity index (χ4v) is 3.73. The van der Waals surface area contributed by atoms with Gasteiger partial charge in [-0.25, -0.2) is 13.4 Å². The van der Waals surface area contributed by atoms with Gasteiger partial charge in [0.15, 0.2) is 9.84 Å². The summed E-state index contributed by atoms with van der Waals surface area (Å²) in [6.07, 6.45) is 1.16. The highest BCUT2D eigenvalue weighted by molar-refractivity contribution is 7.89. The van der Waals surface area contributed by atoms with Crippen molar-refractivity contribution in [1.29, 1.82) is 0 Å². The standard InChI is InChI=1S/C15H12N2O3S2/c1-22(19,20)9-10-5-4-7-12(16-10)15-17-14(18)11-6-2-3-8-13(11)21-15/h2-8H,9H2,1H3. The van der Waals surface area contributed by atoms with Gasteiger partial charge < -0.3 is 0 Å². The van der Waals surface area contributed by atoms with Gasteiger partial charge in [-0.05, 0) is 24.3 Å². The molecule has 0 bridgehead atoms. The molecule has 0 radical (unpaired) electrons. The third kappa shape index (κ3) is 3.20. The van der Waals surface area contributed by atoms with Gasteiger partial charge in [0.1, 0.15) is 5.01 Å². The molecule has 7 heteroatoms. The molecule has 0 aliphatic rings. The van der Waals surface area contributed by atoms with E-state index in [0.29, 0.717) is 21.8 Å². The monoisotopic (exact) mass is 332 g/mol. The summed E-state index contributed by atoms with van der Waals surface area (Å²) in [6.45, 7) is 0. The van der Waals surface area contributed by atoms with Gasteiger partial charge in [0.05, 0.1) is 22.5 Å². The predicted octanol–water partition coefficient (Wildman–Crippen LogP) is 2.26. The van der Waals surface area contributed by atoms with Crippen LogP contribution in [0, 0.1) is 0 Å². The smallest absolute Gasteiger partial charge is 0.267 e. The molecule has 0 aliphatic carbocycles. The van der Waals surface area contributed by atoms with Gasteiger partial charge in [-0.15, -0.1) is 11.3 Å². The Labute approximate surface area is 131 Å². The third-order valence-corrected chi connectivity index (χ3v) is 4.85. The zero-order valence-corrected chi connectivity index (χ0v) is 13.3. The Bertz CT molecular complexity index is 1010. The normalized spacial score (nSPS) is 11.7. The maximum Gasteiger partial charge on any atom is 0.279 e. The van der Waals surface area contributed by atoms with Crippen LogP contribution in [0.2, 0.25) is 0 Å². The van der Waals surface area contributed by atoms with Crippen molar-refractivity contribution in [1.82, 2.24) is 9.97 Å². The van der Waals surface area contributed by atoms with Crippen molar-refractivity contribution in [3.8, 4) is 10.7 Å². The lowest BCUT2D eigenvalue weighted by atomic mass is 10.3. The minimum Gasteiger partial charge on any atom is -0.267 e. The molecule has 2 aromatic heterocycles. The highest BCUT2D eigenvalue weighted by Gasteiger charge is 2.10. The number of sulfone groups is 1. The van der Waals surface area contributed by atoms with Crippen molar-refractivity contribution in [3.63, 3.8) is 0 Å². The topological polar surface area (TPSA) is 77.0 Å². The van der Waals surface area contributed by atoms with E-state index < -0.39 is 9.84 Å². The zero-order chi connectivity index (χ0) is 15.7. The molecule has 0 saturated carbocycles. The minimum atomic E-state index is -3.16. The molecule has 0 spiro atoms. The molecule has 0 atom stereocenters. The van der Waals surface area contributed by atoms with Gasteiger partial charge in [0, 0.05) is 11.0 Å². The lowest BCUT2D eigenvalue weighted by Crippen LogP contribution is -2.07. The average molecular weight is 332 g/mol. The van der Waals surface area contributed by atoms with E-state index >= 15 is 0 Å². The third-order valence-electron chi connectivity index (χ3n) is 2.96. The van der Waals surface area contributed by atoms with Crippen LogP contribution in [0.4, 0.5) is 0 Å². The van der Waals surface area contributed by atoms with Gasteiger partial charge in [-0.1, -0.05) is 18.2 Å². The van der Waals surface area contributed by atoms with E-state index in [9.17, 15) is 13.2 Å². The lowest BCUT2D eigenvalue weighted by molar-refractivity contribution is 0.600. The number of rotatable bonds is 3. The SMILES string of the molecule is CS(=O)(=O)Cc1cccc(-c2nc(=O)c3ccccc3s2)n1. The molecule has 0 fully saturated rings. The maximum atomic E-state index is 12.1. The van der Waals surface area contributed by atoms with E-state index in [1.165, 1.54) is 11.3 Å². The van der Waals surface area contributed by atoms with Gasteiger partial charge in [0.2, 0.25) is 0 Å². The maximum absolute atomic E-state index is 12.1. The lowest BCUT2D eigenvalue weighted by Gasteiger charge is -2.04. The van der Waals surface area contributed by atoms with E-state index in [2.05, 4.69) is 9.97 Å². The first-order valence-corrected chi connectivity index (χ1v) is 9.34. The largest absolute Gasteiger partial charge is 0.279 e. The van der Waals surface area contributed by atoms with E-state index in [4.69, 9.17) is 0 Å². The first-order chi connectivity index (χ1) is 10.4. The summed E-state index contributed by atoms with van der Waals surface area (Å²) in [5, 5.41) is 1.06. The van der Waals surface area contributed by atoms with Crippen LogP contribution >= 0.6 is 11.3 Å². The molecule has 0 amide bonds. The van der Waals surface area contributed by atoms with E-state index in [1.807, 2.05) is 12.1 Å². The second-order valence-corrected chi connectivity index (χ2v) is 8.08. The Hall–Kier alpha value is -2.12. The van der Waals surface area contributed by atoms with Crippen molar-refractivity contribution < 1.29 is 8.42 Å². The summed E-state index contributed by atoms with van der Waals surface area (Å²) in [7, 11) is -3.16. The van der Waals surface area contributed by atoms with E-state index in [1.54, 1.807) is 30.3 Å². The van der Waals surface area contributed by atoms with Gasteiger partial charge in [0.25, 0.3) is 5.56 Å². The molecule has 1 aromatic carbocycles. The number of benzene rings is 1. The summed E-state index contributed by atoms with van der Waals surface area (Å²) < 4.78 is 23.6. The molecule has 3 rings (SSSR count). The van der Waals surface area contributed by atoms with Crippen LogP contribution in [-0.4, -0.2) is 24.6 Å². The molecule has 0 aliphatic heterocycles. The van der Waals surface area contributed by atoms with Crippen molar-refractivity contribution in [2.45, 2.75) is 5.75 Å². The summed E-state index contributed by atoms with van der Waals surface area (Å²) in [6, 6.07) is 12.3. The van der Waals surface area contributed by atoms with Crippen molar-refractivity contribution in [2.75, 3.05) is 6.26 Å². The minimum absolute atomic E-state index is 0.136. The number of nitrogens with zero attached hydrogens (tertiary/aromatic N) is 2. The van der Waals surface area contributed by atoms with Gasteiger partial charge >= 0.3 is 0 Å². The Morgan fingerprint density at radius 1 is 1.05 bits per heavy atom. The fraction of sp³-hybridized carbons (Fsp3) is 0.133. The highest BCUT2D eigenvalue weighted by atomic mass is 32.2. The Kier molecular flexibility index (Phi) is 3.76. The number of aromatic nitrogens is 2. The van der Waals surface area contributed by atoms with Crippen molar-refractivity contribution >= 4 is 31.3 Å². The molecule has 5 nitrogen and oxygen atoms in total. The van der Waals surface area contributed by atoms with Crippen LogP contribution in [-0.2, 0) is 15.6 Å². The highest BCUT2D eigenvalue weighted by Crippen LogP contribution is 2.24. The predicted molar refractivity (Wildman–Crippen MR) is 87.7 cm³/mol. The fourth-order valence-electron chi connectivity index (χ4n) is 2.07. The summed E-state index contributed by atoms with van der Waals surface area (Å²) in [5.41, 5.74) is 0.642. The Morgan fingerprint density at radius 2 is 1.82 bits per heavy atom. The van der Waals surface area contributed by atoms with Gasteiger partial charge in [-0.2, -0.15) is 4.98 Å². The number of hydrogen-bond donors (Lipinski definition) is 0. The summed E-state index contributed by atoms with van der Waals surface area (Å²) in [4.78, 5) is 20.4. The molecule has 0 saturated heterocycles. The molecule has 0 N–H and O–H groups in total. The first-order valence-electron chi connectivity index (χ1n) is 6.46. The number of hydrogen-bond acceptors (Lipinski definition) is 6. The Balaban J connectivity index is 2.12. The first kappa shape index (κ1) is 14.8. The van der Waals surface area contributed by atoms with Crippen LogP contribution in [0.1, 0.15) is 5.69 Å². The van der Waals surface area contributed by atoms with Crippen molar-refractivity contribution in [2.24, 2.45) is 0 Å². The molecule has 112 valence electrons. The number of fused-ring (bicyclic) bond motifs is 1. The van der Waals surface area contributed by atoms with Crippen LogP contribution < -0.4 is 5.56 Å². The molecule has 22 heavy (non-hydrogen) atoms. The molecule has 3 aromatic rings. The summed E-state index contributed by atoms with van der Waals surface area (Å²) in [5.74, 6) is -0.136. The van der Waals surface area contributed by atoms with Crippen LogP contribution in [0.15, 0.2) is 47.3 Å². The molecule has 0 unspecified atom stereocenters.